The van der Waals surface area contributed by atoms with Crippen LogP contribution in [-0.2, 0) is 4.74 Å². The minimum absolute atomic E-state index is 0.0310. The monoisotopic (exact) mass is 343 g/mol. The van der Waals surface area contributed by atoms with E-state index in [0.29, 0.717) is 19.7 Å². The molecule has 0 spiro atoms. The molecule has 1 atom stereocenters. The second-order valence-corrected chi connectivity index (χ2v) is 5.84. The van der Waals surface area contributed by atoms with Crippen LogP contribution in [0.2, 0.25) is 0 Å². The quantitative estimate of drug-likeness (QED) is 0.823. The molecule has 132 valence electrons. The number of nitrogens with zero attached hydrogens (tertiary/aromatic N) is 2. The van der Waals surface area contributed by atoms with Gasteiger partial charge in [0.1, 0.15) is 18.1 Å². The number of aromatic amines is 1. The van der Waals surface area contributed by atoms with Crippen molar-refractivity contribution in [3.63, 3.8) is 0 Å². The van der Waals surface area contributed by atoms with Crippen molar-refractivity contribution in [1.82, 2.24) is 14.9 Å². The van der Waals surface area contributed by atoms with E-state index in [0.717, 1.165) is 31.4 Å². The first-order valence-corrected chi connectivity index (χ1v) is 8.36. The van der Waals surface area contributed by atoms with Gasteiger partial charge >= 0.3 is 0 Å². The van der Waals surface area contributed by atoms with Crippen molar-refractivity contribution < 1.29 is 14.3 Å². The Morgan fingerprint density at radius 3 is 2.88 bits per heavy atom. The van der Waals surface area contributed by atoms with Crippen molar-refractivity contribution in [2.45, 2.75) is 18.9 Å². The molecule has 1 aromatic heterocycles. The molecule has 1 fully saturated rings. The maximum Gasteiger partial charge on any atom is 0.274 e. The van der Waals surface area contributed by atoms with E-state index in [-0.39, 0.29) is 23.3 Å². The topological polar surface area (TPSA) is 84.5 Å². The summed E-state index contributed by atoms with van der Waals surface area (Å²) in [6.45, 7) is 1.99. The van der Waals surface area contributed by atoms with Crippen molar-refractivity contribution in [3.05, 3.63) is 58.8 Å². The summed E-state index contributed by atoms with van der Waals surface area (Å²) in [5.41, 5.74) is -0.132. The molecule has 25 heavy (non-hydrogen) atoms. The smallest absolute Gasteiger partial charge is 0.274 e. The highest BCUT2D eigenvalue weighted by Crippen LogP contribution is 2.15. The number of hydrogen-bond donors (Lipinski definition) is 1. The van der Waals surface area contributed by atoms with Crippen LogP contribution in [0, 0.1) is 0 Å². The predicted octanol–water partition coefficient (Wildman–Crippen LogP) is 1.47. The molecule has 0 radical (unpaired) electrons. The number of nitrogens with one attached hydrogen (secondary N) is 1. The van der Waals surface area contributed by atoms with Gasteiger partial charge in [0.15, 0.2) is 0 Å². The zero-order valence-electron chi connectivity index (χ0n) is 13.9. The first-order chi connectivity index (χ1) is 12.2. The van der Waals surface area contributed by atoms with Gasteiger partial charge in [-0.25, -0.2) is 4.98 Å². The second-order valence-electron chi connectivity index (χ2n) is 5.84. The summed E-state index contributed by atoms with van der Waals surface area (Å²) in [5, 5.41) is 0. The highest BCUT2D eigenvalue weighted by atomic mass is 16.5. The normalized spacial score (nSPS) is 16.6. The van der Waals surface area contributed by atoms with Gasteiger partial charge < -0.3 is 19.4 Å². The fourth-order valence-corrected chi connectivity index (χ4v) is 2.72. The van der Waals surface area contributed by atoms with Crippen molar-refractivity contribution in [1.29, 1.82) is 0 Å². The largest absolute Gasteiger partial charge is 0.492 e. The van der Waals surface area contributed by atoms with Crippen LogP contribution >= 0.6 is 0 Å². The van der Waals surface area contributed by atoms with Gasteiger partial charge in [0.05, 0.1) is 18.8 Å². The Hall–Kier alpha value is -2.67. The Morgan fingerprint density at radius 2 is 2.20 bits per heavy atom. The van der Waals surface area contributed by atoms with E-state index in [4.69, 9.17) is 9.47 Å². The third-order valence-corrected chi connectivity index (χ3v) is 4.00. The lowest BCUT2D eigenvalue weighted by atomic mass is 10.2. The van der Waals surface area contributed by atoms with Gasteiger partial charge in [0.2, 0.25) is 0 Å². The van der Waals surface area contributed by atoms with Crippen LogP contribution in [0.3, 0.4) is 0 Å². The summed E-state index contributed by atoms with van der Waals surface area (Å²) in [5.74, 6) is 0.512. The highest BCUT2D eigenvalue weighted by Gasteiger charge is 2.24. The third-order valence-electron chi connectivity index (χ3n) is 4.00. The summed E-state index contributed by atoms with van der Waals surface area (Å²) in [7, 11) is 0. The summed E-state index contributed by atoms with van der Waals surface area (Å²) in [6.07, 6.45) is 4.42. The van der Waals surface area contributed by atoms with E-state index in [1.165, 1.54) is 6.20 Å². The molecule has 1 saturated heterocycles. The molecule has 0 bridgehead atoms. The number of hydrogen-bond acceptors (Lipinski definition) is 5. The van der Waals surface area contributed by atoms with E-state index < -0.39 is 0 Å². The summed E-state index contributed by atoms with van der Waals surface area (Å²) >= 11 is 0. The van der Waals surface area contributed by atoms with Crippen LogP contribution < -0.4 is 10.3 Å². The maximum atomic E-state index is 12.7. The lowest BCUT2D eigenvalue weighted by Gasteiger charge is -2.25. The van der Waals surface area contributed by atoms with Crippen LogP contribution in [0.4, 0.5) is 0 Å². The van der Waals surface area contributed by atoms with Crippen molar-refractivity contribution in [2.75, 3.05) is 26.3 Å². The second kappa shape index (κ2) is 8.43. The fourth-order valence-electron chi connectivity index (χ4n) is 2.72. The molecular weight excluding hydrogens is 322 g/mol. The first kappa shape index (κ1) is 17.2. The Morgan fingerprint density at radius 1 is 1.36 bits per heavy atom. The van der Waals surface area contributed by atoms with Gasteiger partial charge in [-0.1, -0.05) is 18.2 Å². The molecule has 2 aromatic rings. The predicted molar refractivity (Wildman–Crippen MR) is 91.7 cm³/mol. The van der Waals surface area contributed by atoms with Gasteiger partial charge in [0.25, 0.3) is 11.5 Å². The van der Waals surface area contributed by atoms with Gasteiger partial charge in [-0.15, -0.1) is 0 Å². The summed E-state index contributed by atoms with van der Waals surface area (Å²) < 4.78 is 11.3. The van der Waals surface area contributed by atoms with Crippen LogP contribution in [0.1, 0.15) is 23.3 Å². The molecular formula is C18H21N3O4. The lowest BCUT2D eigenvalue weighted by Crippen LogP contribution is -2.40. The molecule has 0 saturated carbocycles. The molecule has 1 aliphatic rings. The van der Waals surface area contributed by atoms with E-state index in [1.807, 2.05) is 30.3 Å². The Balaban J connectivity index is 1.64. The average molecular weight is 343 g/mol. The molecule has 1 unspecified atom stereocenters. The van der Waals surface area contributed by atoms with Gasteiger partial charge in [-0.05, 0) is 25.0 Å². The molecule has 1 aliphatic heterocycles. The molecule has 1 N–H and O–H groups in total. The third kappa shape index (κ3) is 4.90. The zero-order valence-corrected chi connectivity index (χ0v) is 13.9. The molecule has 0 aliphatic carbocycles. The number of carbonyl (C=O) groups excluding carboxylic acids is 1. The molecule has 1 amide bonds. The molecule has 3 rings (SSSR count). The van der Waals surface area contributed by atoms with Gasteiger partial charge in [-0.2, -0.15) is 0 Å². The van der Waals surface area contributed by atoms with Crippen molar-refractivity contribution in [3.8, 4) is 5.75 Å². The highest BCUT2D eigenvalue weighted by molar-refractivity contribution is 5.92. The SMILES string of the molecule is O=C(c1c[nH]c(=O)cn1)N(CCOc1ccccc1)CC1CCCO1. The minimum Gasteiger partial charge on any atom is -0.492 e. The number of para-hydroxylation sites is 1. The average Bonchev–Trinajstić information content (AvgIpc) is 3.15. The van der Waals surface area contributed by atoms with Crippen molar-refractivity contribution >= 4 is 5.91 Å². The van der Waals surface area contributed by atoms with Crippen LogP contribution in [0.5, 0.6) is 5.75 Å². The van der Waals surface area contributed by atoms with E-state index in [1.54, 1.807) is 4.90 Å². The van der Waals surface area contributed by atoms with Crippen LogP contribution in [0.15, 0.2) is 47.5 Å². The number of benzene rings is 1. The number of aromatic nitrogens is 2. The van der Waals surface area contributed by atoms with Crippen LogP contribution in [0.25, 0.3) is 0 Å². The molecule has 2 heterocycles. The first-order valence-electron chi connectivity index (χ1n) is 8.36. The van der Waals surface area contributed by atoms with E-state index in [9.17, 15) is 9.59 Å². The Bertz CT molecular complexity index is 721. The van der Waals surface area contributed by atoms with Crippen molar-refractivity contribution in [2.24, 2.45) is 0 Å². The number of rotatable bonds is 7. The van der Waals surface area contributed by atoms with E-state index >= 15 is 0 Å². The lowest BCUT2D eigenvalue weighted by molar-refractivity contribution is 0.0489. The van der Waals surface area contributed by atoms with Gasteiger partial charge in [-0.3, -0.25) is 9.59 Å². The van der Waals surface area contributed by atoms with E-state index in [2.05, 4.69) is 9.97 Å². The van der Waals surface area contributed by atoms with Crippen LogP contribution in [-0.4, -0.2) is 53.2 Å². The summed E-state index contributed by atoms with van der Waals surface area (Å²) in [6, 6.07) is 9.46. The zero-order chi connectivity index (χ0) is 17.5. The number of H-pyrrole nitrogens is 1. The number of carbonyl (C=O) groups is 1. The summed E-state index contributed by atoms with van der Waals surface area (Å²) in [4.78, 5) is 31.9. The molecule has 7 nitrogen and oxygen atoms in total. The minimum atomic E-state index is -0.338. The standard InChI is InChI=1S/C18H21N3O4/c22-17-12-19-16(11-20-17)18(23)21(13-15-7-4-9-24-15)8-10-25-14-5-2-1-3-6-14/h1-3,5-6,11-12,15H,4,7-10,13H2,(H,20,22). The Kier molecular flexibility index (Phi) is 5.79. The van der Waals surface area contributed by atoms with Gasteiger partial charge in [0, 0.05) is 19.3 Å². The Labute approximate surface area is 145 Å². The molecule has 1 aromatic carbocycles. The molecule has 7 heteroatoms. The number of ether oxygens (including phenoxy) is 2. The fraction of sp³-hybridized carbons (Fsp3) is 0.389. The maximum absolute atomic E-state index is 12.7. The number of amides is 1.